The van der Waals surface area contributed by atoms with Crippen LogP contribution in [0.15, 0.2) is 49.8 Å². The van der Waals surface area contributed by atoms with Crippen molar-refractivity contribution in [3.8, 4) is 0 Å². The van der Waals surface area contributed by atoms with Crippen molar-refractivity contribution < 1.29 is 5.11 Å². The van der Waals surface area contributed by atoms with E-state index >= 15 is 0 Å². The average Bonchev–Trinajstić information content (AvgIpc) is 3.04. The summed E-state index contributed by atoms with van der Waals surface area (Å²) in [6.45, 7) is 4.92. The molecule has 2 heterocycles. The third-order valence-corrected chi connectivity index (χ3v) is 6.99. The van der Waals surface area contributed by atoms with E-state index in [4.69, 9.17) is 0 Å². The summed E-state index contributed by atoms with van der Waals surface area (Å²) in [5, 5.41) is 17.7. The van der Waals surface area contributed by atoms with Crippen LogP contribution in [0.1, 0.15) is 11.4 Å². The molecule has 0 amide bonds. The lowest BCUT2D eigenvalue weighted by Crippen LogP contribution is -2.23. The number of fused-ring (bicyclic) bond motifs is 3. The summed E-state index contributed by atoms with van der Waals surface area (Å²) >= 11 is 10.7. The molecule has 1 N–H and O–H groups in total. The molecule has 0 radical (unpaired) electrons. The van der Waals surface area contributed by atoms with E-state index in [1.54, 1.807) is 0 Å². The zero-order valence-corrected chi connectivity index (χ0v) is 19.6. The van der Waals surface area contributed by atoms with Gasteiger partial charge in [0, 0.05) is 36.4 Å². The van der Waals surface area contributed by atoms with Crippen LogP contribution in [0.25, 0.3) is 21.8 Å². The summed E-state index contributed by atoms with van der Waals surface area (Å²) in [6, 6.07) is 12.5. The molecule has 0 saturated heterocycles. The van der Waals surface area contributed by atoms with E-state index < -0.39 is 6.10 Å². The Bertz CT molecular complexity index is 1100. The molecular formula is C20H18Br3N3O. The maximum Gasteiger partial charge on any atom is 0.0914 e. The van der Waals surface area contributed by atoms with Gasteiger partial charge in [0.15, 0.2) is 0 Å². The molecule has 7 heteroatoms. The van der Waals surface area contributed by atoms with Gasteiger partial charge < -0.3 is 9.67 Å². The Morgan fingerprint density at radius 3 is 1.96 bits per heavy atom. The first-order valence-electron chi connectivity index (χ1n) is 8.59. The first kappa shape index (κ1) is 19.2. The van der Waals surface area contributed by atoms with E-state index in [1.807, 2.05) is 30.7 Å². The topological polar surface area (TPSA) is 43.0 Å². The largest absolute Gasteiger partial charge is 0.389 e. The van der Waals surface area contributed by atoms with Gasteiger partial charge in [0.05, 0.1) is 29.4 Å². The lowest BCUT2D eigenvalue weighted by atomic mass is 10.2. The van der Waals surface area contributed by atoms with Crippen LogP contribution in [0.2, 0.25) is 0 Å². The first-order valence-corrected chi connectivity index (χ1v) is 11.0. The maximum atomic E-state index is 10.8. The molecule has 0 saturated carbocycles. The molecule has 1 atom stereocenters. The number of nitrogens with zero attached hydrogens (tertiary/aromatic N) is 3. The van der Waals surface area contributed by atoms with E-state index in [2.05, 4.69) is 81.7 Å². The molecule has 4 rings (SSSR count). The van der Waals surface area contributed by atoms with Crippen LogP contribution in [-0.4, -0.2) is 25.6 Å². The van der Waals surface area contributed by atoms with E-state index in [0.29, 0.717) is 13.1 Å². The number of halogens is 3. The summed E-state index contributed by atoms with van der Waals surface area (Å²) in [6.07, 6.45) is -0.555. The fraction of sp³-hybridized carbons (Fsp3) is 0.250. The smallest absolute Gasteiger partial charge is 0.0914 e. The molecule has 0 fully saturated rings. The van der Waals surface area contributed by atoms with Crippen molar-refractivity contribution >= 4 is 69.6 Å². The van der Waals surface area contributed by atoms with Crippen molar-refractivity contribution in [2.24, 2.45) is 0 Å². The molecule has 0 aliphatic heterocycles. The number of aromatic nitrogens is 3. The maximum absolute atomic E-state index is 10.8. The highest BCUT2D eigenvalue weighted by molar-refractivity contribution is 9.11. The second-order valence-electron chi connectivity index (χ2n) is 6.75. The Labute approximate surface area is 182 Å². The number of aliphatic hydroxyl groups is 1. The SMILES string of the molecule is Cc1nn(C[C@@H](O)Cn2c3ccc(Br)cc3c3cc(Br)ccc32)c(C)c1Br. The monoisotopic (exact) mass is 553 g/mol. The highest BCUT2D eigenvalue weighted by atomic mass is 79.9. The summed E-state index contributed by atoms with van der Waals surface area (Å²) in [7, 11) is 0. The first-order chi connectivity index (χ1) is 12.8. The molecular weight excluding hydrogens is 538 g/mol. The molecule has 4 nitrogen and oxygen atoms in total. The number of aryl methyl sites for hydroxylation is 1. The summed E-state index contributed by atoms with van der Waals surface area (Å²) in [5.74, 6) is 0. The van der Waals surface area contributed by atoms with E-state index in [1.165, 1.54) is 10.8 Å². The number of benzene rings is 2. The zero-order valence-electron chi connectivity index (χ0n) is 14.9. The average molecular weight is 556 g/mol. The van der Waals surface area contributed by atoms with Crippen LogP contribution in [0.5, 0.6) is 0 Å². The number of hydrogen-bond acceptors (Lipinski definition) is 2. The van der Waals surface area contributed by atoms with E-state index in [-0.39, 0.29) is 0 Å². The minimum Gasteiger partial charge on any atom is -0.389 e. The fourth-order valence-corrected chi connectivity index (χ4v) is 4.57. The lowest BCUT2D eigenvalue weighted by Gasteiger charge is -2.15. The second kappa shape index (κ2) is 7.35. The van der Waals surface area contributed by atoms with Gasteiger partial charge in [-0.05, 0) is 66.2 Å². The zero-order chi connectivity index (χ0) is 19.3. The predicted molar refractivity (Wildman–Crippen MR) is 120 cm³/mol. The van der Waals surface area contributed by atoms with Gasteiger partial charge >= 0.3 is 0 Å². The van der Waals surface area contributed by atoms with Crippen molar-refractivity contribution in [2.75, 3.05) is 0 Å². The predicted octanol–water partition coefficient (Wildman–Crippen LogP) is 5.96. The van der Waals surface area contributed by atoms with Crippen molar-refractivity contribution in [3.63, 3.8) is 0 Å². The van der Waals surface area contributed by atoms with Gasteiger partial charge in [-0.1, -0.05) is 31.9 Å². The lowest BCUT2D eigenvalue weighted by molar-refractivity contribution is 0.132. The fourth-order valence-electron chi connectivity index (χ4n) is 3.57. The van der Waals surface area contributed by atoms with E-state index in [0.717, 1.165) is 35.8 Å². The van der Waals surface area contributed by atoms with E-state index in [9.17, 15) is 5.11 Å². The third kappa shape index (κ3) is 3.50. The van der Waals surface area contributed by atoms with Crippen LogP contribution in [0.4, 0.5) is 0 Å². The van der Waals surface area contributed by atoms with Gasteiger partial charge in [0.1, 0.15) is 0 Å². The number of aliphatic hydroxyl groups excluding tert-OH is 1. The standard InChI is InChI=1S/C20H18Br3N3O/c1-11-20(23)12(2)26(24-11)10-15(27)9-25-18-5-3-13(21)7-16(18)17-8-14(22)4-6-19(17)25/h3-8,15,27H,9-10H2,1-2H3/t15-/m0/s1. The van der Waals surface area contributed by atoms with Crippen LogP contribution in [0, 0.1) is 13.8 Å². The summed E-state index contributed by atoms with van der Waals surface area (Å²) in [4.78, 5) is 0. The minimum absolute atomic E-state index is 0.451. The quantitative estimate of drug-likeness (QED) is 0.338. The number of hydrogen-bond donors (Lipinski definition) is 1. The van der Waals surface area contributed by atoms with Crippen LogP contribution >= 0.6 is 47.8 Å². The van der Waals surface area contributed by atoms with Gasteiger partial charge in [-0.2, -0.15) is 5.10 Å². The molecule has 0 spiro atoms. The van der Waals surface area contributed by atoms with Crippen molar-refractivity contribution in [1.82, 2.24) is 14.3 Å². The molecule has 27 heavy (non-hydrogen) atoms. The summed E-state index contributed by atoms with van der Waals surface area (Å²) < 4.78 is 7.14. The Morgan fingerprint density at radius 2 is 1.48 bits per heavy atom. The molecule has 2 aromatic carbocycles. The van der Waals surface area contributed by atoms with Gasteiger partial charge in [-0.15, -0.1) is 0 Å². The highest BCUT2D eigenvalue weighted by Gasteiger charge is 2.17. The molecule has 0 aliphatic rings. The molecule has 4 aromatic rings. The molecule has 0 bridgehead atoms. The normalized spacial score (nSPS) is 13.0. The van der Waals surface area contributed by atoms with Crippen molar-refractivity contribution in [3.05, 3.63) is 61.2 Å². The van der Waals surface area contributed by atoms with Gasteiger partial charge in [0.25, 0.3) is 0 Å². The van der Waals surface area contributed by atoms with Gasteiger partial charge in [-0.25, -0.2) is 0 Å². The van der Waals surface area contributed by atoms with Crippen molar-refractivity contribution in [2.45, 2.75) is 33.0 Å². The Balaban J connectivity index is 1.75. The molecule has 0 unspecified atom stereocenters. The third-order valence-electron chi connectivity index (χ3n) is 4.86. The highest BCUT2D eigenvalue weighted by Crippen LogP contribution is 2.33. The second-order valence-corrected chi connectivity index (χ2v) is 9.38. The van der Waals surface area contributed by atoms with Crippen molar-refractivity contribution in [1.29, 1.82) is 0 Å². The minimum atomic E-state index is -0.555. The molecule has 2 aromatic heterocycles. The van der Waals surface area contributed by atoms with Crippen LogP contribution < -0.4 is 0 Å². The van der Waals surface area contributed by atoms with Crippen LogP contribution in [0.3, 0.4) is 0 Å². The van der Waals surface area contributed by atoms with Gasteiger partial charge in [-0.3, -0.25) is 4.68 Å². The Morgan fingerprint density at radius 1 is 0.926 bits per heavy atom. The molecule has 140 valence electrons. The van der Waals surface area contributed by atoms with Crippen LogP contribution in [-0.2, 0) is 13.1 Å². The summed E-state index contributed by atoms with van der Waals surface area (Å²) in [5.41, 5.74) is 4.19. The Kier molecular flexibility index (Phi) is 5.22. The molecule has 0 aliphatic carbocycles. The van der Waals surface area contributed by atoms with Gasteiger partial charge in [0.2, 0.25) is 0 Å². The Hall–Kier alpha value is -1.15. The number of rotatable bonds is 4.